The first kappa shape index (κ1) is 40.6. The molecule has 0 amide bonds. The van der Waals surface area contributed by atoms with Gasteiger partial charge in [-0.2, -0.15) is 0 Å². The van der Waals surface area contributed by atoms with Gasteiger partial charge in [0.15, 0.2) is 6.10 Å². The number of carbonyl (C=O) groups is 2. The van der Waals surface area contributed by atoms with Crippen LogP contribution in [0.5, 0.6) is 0 Å². The highest BCUT2D eigenvalue weighted by molar-refractivity contribution is 5.77. The third-order valence-electron chi connectivity index (χ3n) is 7.53. The largest absolute Gasteiger partial charge is 0.479 e. The van der Waals surface area contributed by atoms with E-state index in [1.54, 1.807) is 0 Å². The number of ether oxygens (including phenoxy) is 1. The summed E-state index contributed by atoms with van der Waals surface area (Å²) < 4.78 is 5.29. The van der Waals surface area contributed by atoms with Gasteiger partial charge in [-0.1, -0.05) is 158 Å². The van der Waals surface area contributed by atoms with E-state index in [0.29, 0.717) is 12.8 Å². The summed E-state index contributed by atoms with van der Waals surface area (Å²) in [6, 6.07) is 0. The van der Waals surface area contributed by atoms with Crippen LogP contribution in [0.25, 0.3) is 0 Å². The van der Waals surface area contributed by atoms with Crippen LogP contribution in [0.2, 0.25) is 0 Å². The standard InChI is InChI=1S/C39H66O4/c1-3-5-7-9-11-13-15-16-17-18-19-20-21-22-23-24-26-28-30-32-34-36-38(40)43-37(39(41)42)35-33-31-29-27-25-14-12-10-8-6-4-2/h5,7,11,13,16-17,19-20,22-23,37H,3-4,6,8-10,12,14-15,18,21,24-36H2,1-2H3,(H,41,42)/b7-5-,13-11-,17-16-,20-19-,23-22-. The summed E-state index contributed by atoms with van der Waals surface area (Å²) in [4.78, 5) is 23.7. The molecule has 0 rings (SSSR count). The van der Waals surface area contributed by atoms with E-state index in [1.807, 2.05) is 0 Å². The normalized spacial score (nSPS) is 13.0. The molecular weight excluding hydrogens is 532 g/mol. The summed E-state index contributed by atoms with van der Waals surface area (Å²) in [5.74, 6) is -1.38. The number of allylic oxidation sites excluding steroid dienone is 10. The van der Waals surface area contributed by atoms with E-state index in [1.165, 1.54) is 51.4 Å². The van der Waals surface area contributed by atoms with E-state index in [-0.39, 0.29) is 5.97 Å². The van der Waals surface area contributed by atoms with Crippen LogP contribution in [-0.4, -0.2) is 23.1 Å². The first-order valence-corrected chi connectivity index (χ1v) is 17.8. The van der Waals surface area contributed by atoms with Crippen molar-refractivity contribution >= 4 is 11.9 Å². The third-order valence-corrected chi connectivity index (χ3v) is 7.53. The lowest BCUT2D eigenvalue weighted by molar-refractivity contribution is -0.164. The number of unbranched alkanes of at least 4 members (excludes halogenated alkanes) is 15. The van der Waals surface area contributed by atoms with Gasteiger partial charge in [0, 0.05) is 6.42 Å². The number of carbonyl (C=O) groups excluding carboxylic acids is 1. The van der Waals surface area contributed by atoms with Crippen molar-refractivity contribution < 1.29 is 19.4 Å². The topological polar surface area (TPSA) is 63.6 Å². The molecule has 0 saturated carbocycles. The number of carboxylic acids is 1. The van der Waals surface area contributed by atoms with E-state index in [2.05, 4.69) is 74.6 Å². The quantitative estimate of drug-likeness (QED) is 0.0490. The molecule has 0 heterocycles. The summed E-state index contributed by atoms with van der Waals surface area (Å²) >= 11 is 0. The molecule has 0 spiro atoms. The third kappa shape index (κ3) is 32.4. The Morgan fingerprint density at radius 3 is 1.44 bits per heavy atom. The van der Waals surface area contributed by atoms with Crippen molar-refractivity contribution in [1.82, 2.24) is 0 Å². The molecule has 0 aliphatic heterocycles. The number of aliphatic carboxylic acids is 1. The van der Waals surface area contributed by atoms with Crippen LogP contribution in [0.1, 0.15) is 168 Å². The minimum atomic E-state index is -1.02. The van der Waals surface area contributed by atoms with Crippen molar-refractivity contribution in [2.75, 3.05) is 0 Å². The molecule has 246 valence electrons. The first-order valence-electron chi connectivity index (χ1n) is 17.8. The molecule has 1 atom stereocenters. The zero-order valence-electron chi connectivity index (χ0n) is 28.0. The monoisotopic (exact) mass is 598 g/mol. The van der Waals surface area contributed by atoms with Gasteiger partial charge in [-0.05, 0) is 64.2 Å². The van der Waals surface area contributed by atoms with Gasteiger partial charge in [-0.3, -0.25) is 4.79 Å². The lowest BCUT2D eigenvalue weighted by Gasteiger charge is -2.13. The Morgan fingerprint density at radius 1 is 0.535 bits per heavy atom. The molecule has 0 fully saturated rings. The van der Waals surface area contributed by atoms with Gasteiger partial charge in [0.05, 0.1) is 0 Å². The maximum absolute atomic E-state index is 12.2. The Bertz CT molecular complexity index is 774. The van der Waals surface area contributed by atoms with Gasteiger partial charge < -0.3 is 9.84 Å². The van der Waals surface area contributed by atoms with Crippen molar-refractivity contribution in [3.63, 3.8) is 0 Å². The van der Waals surface area contributed by atoms with Crippen LogP contribution in [0.3, 0.4) is 0 Å². The van der Waals surface area contributed by atoms with Gasteiger partial charge >= 0.3 is 11.9 Å². The van der Waals surface area contributed by atoms with E-state index < -0.39 is 12.1 Å². The van der Waals surface area contributed by atoms with Gasteiger partial charge in [-0.15, -0.1) is 0 Å². The molecule has 0 bridgehead atoms. The van der Waals surface area contributed by atoms with Gasteiger partial charge in [0.25, 0.3) is 0 Å². The fourth-order valence-corrected chi connectivity index (χ4v) is 4.87. The second kappa shape index (κ2) is 34.1. The second-order valence-electron chi connectivity index (χ2n) is 11.7. The number of hydrogen-bond donors (Lipinski definition) is 1. The molecule has 0 aromatic heterocycles. The summed E-state index contributed by atoms with van der Waals surface area (Å²) in [6.45, 7) is 4.40. The molecule has 1 N–H and O–H groups in total. The Balaban J connectivity index is 3.66. The summed E-state index contributed by atoms with van der Waals surface area (Å²) in [5.41, 5.74) is 0. The summed E-state index contributed by atoms with van der Waals surface area (Å²) in [5, 5.41) is 9.44. The minimum Gasteiger partial charge on any atom is -0.479 e. The number of rotatable bonds is 31. The molecule has 0 saturated heterocycles. The molecule has 4 heteroatoms. The van der Waals surface area contributed by atoms with Crippen LogP contribution in [-0.2, 0) is 14.3 Å². The molecular formula is C39H66O4. The summed E-state index contributed by atoms with van der Waals surface area (Å²) in [7, 11) is 0. The average Bonchev–Trinajstić information content (AvgIpc) is 3.00. The maximum Gasteiger partial charge on any atom is 0.345 e. The van der Waals surface area contributed by atoms with E-state index in [9.17, 15) is 14.7 Å². The molecule has 0 aliphatic rings. The number of hydrogen-bond acceptors (Lipinski definition) is 3. The molecule has 0 aromatic rings. The van der Waals surface area contributed by atoms with Crippen LogP contribution in [0, 0.1) is 0 Å². The lowest BCUT2D eigenvalue weighted by Crippen LogP contribution is -2.27. The fourth-order valence-electron chi connectivity index (χ4n) is 4.87. The zero-order chi connectivity index (χ0) is 31.5. The van der Waals surface area contributed by atoms with Crippen LogP contribution in [0.15, 0.2) is 60.8 Å². The van der Waals surface area contributed by atoms with Crippen molar-refractivity contribution in [1.29, 1.82) is 0 Å². The maximum atomic E-state index is 12.2. The van der Waals surface area contributed by atoms with Crippen LogP contribution < -0.4 is 0 Å². The highest BCUT2D eigenvalue weighted by Gasteiger charge is 2.21. The predicted molar refractivity (Wildman–Crippen MR) is 185 cm³/mol. The van der Waals surface area contributed by atoms with E-state index in [0.717, 1.165) is 89.9 Å². The van der Waals surface area contributed by atoms with Crippen molar-refractivity contribution in [3.05, 3.63) is 60.8 Å². The van der Waals surface area contributed by atoms with Crippen LogP contribution in [0.4, 0.5) is 0 Å². The highest BCUT2D eigenvalue weighted by Crippen LogP contribution is 2.15. The van der Waals surface area contributed by atoms with Crippen molar-refractivity contribution in [3.8, 4) is 0 Å². The first-order chi connectivity index (χ1) is 21.1. The highest BCUT2D eigenvalue weighted by atomic mass is 16.6. The lowest BCUT2D eigenvalue weighted by atomic mass is 10.0. The van der Waals surface area contributed by atoms with Gasteiger partial charge in [0.2, 0.25) is 0 Å². The number of esters is 1. The smallest absolute Gasteiger partial charge is 0.345 e. The summed E-state index contributed by atoms with van der Waals surface area (Å²) in [6.07, 6.45) is 46.8. The molecule has 43 heavy (non-hydrogen) atoms. The Kier molecular flexibility index (Phi) is 32.3. The Morgan fingerprint density at radius 2 is 0.953 bits per heavy atom. The van der Waals surface area contributed by atoms with E-state index >= 15 is 0 Å². The second-order valence-corrected chi connectivity index (χ2v) is 11.7. The van der Waals surface area contributed by atoms with Gasteiger partial charge in [-0.25, -0.2) is 4.79 Å². The Labute approximate surface area is 265 Å². The number of carboxylic acid groups (broad SMARTS) is 1. The SMILES string of the molecule is CC/C=C\C/C=C\C/C=C\C/C=C\C/C=C\CCCCCCCC(=O)OC(CCCCCCCCCCCCC)C(=O)O. The average molecular weight is 599 g/mol. The van der Waals surface area contributed by atoms with Crippen molar-refractivity contribution in [2.24, 2.45) is 0 Å². The molecule has 0 aromatic carbocycles. The predicted octanol–water partition coefficient (Wildman–Crippen LogP) is 12.2. The molecule has 0 aliphatic carbocycles. The van der Waals surface area contributed by atoms with Crippen molar-refractivity contribution in [2.45, 2.75) is 174 Å². The zero-order valence-corrected chi connectivity index (χ0v) is 28.0. The van der Waals surface area contributed by atoms with Gasteiger partial charge in [0.1, 0.15) is 0 Å². The van der Waals surface area contributed by atoms with Crippen LogP contribution >= 0.6 is 0 Å². The Hall–Kier alpha value is -2.36. The minimum absolute atomic E-state index is 0.316. The van der Waals surface area contributed by atoms with E-state index in [4.69, 9.17) is 4.74 Å². The molecule has 1 unspecified atom stereocenters. The fraction of sp³-hybridized carbons (Fsp3) is 0.692. The molecule has 4 nitrogen and oxygen atoms in total. The molecule has 0 radical (unpaired) electrons.